The van der Waals surface area contributed by atoms with E-state index in [0.717, 1.165) is 17.7 Å². The standard InChI is InChI=1S/C20H22N2O3S/c1-2-25-20(24)22-11-9-21(10-12-22)19(23)17-13-15-8-7-14-5-3-4-6-16(14)18(15)26-17/h3-6,13H,2,7-12H2,1H3. The van der Waals surface area contributed by atoms with Crippen LogP contribution in [0.15, 0.2) is 30.3 Å². The zero-order valence-corrected chi connectivity index (χ0v) is 15.7. The Hall–Kier alpha value is -2.34. The highest BCUT2D eigenvalue weighted by atomic mass is 32.1. The third-order valence-electron chi connectivity index (χ3n) is 5.04. The maximum atomic E-state index is 12.9. The SMILES string of the molecule is CCOC(=O)N1CCN(C(=O)c2cc3c(s2)-c2ccccc2CC3)CC1. The summed E-state index contributed by atoms with van der Waals surface area (Å²) in [5.74, 6) is 0.0744. The Morgan fingerprint density at radius 3 is 2.50 bits per heavy atom. The molecular formula is C20H22N2O3S. The molecule has 1 aliphatic carbocycles. The number of carbonyl (C=O) groups excluding carboxylic acids is 2. The summed E-state index contributed by atoms with van der Waals surface area (Å²) in [6.07, 6.45) is 1.74. The van der Waals surface area contributed by atoms with Crippen molar-refractivity contribution in [1.29, 1.82) is 0 Å². The lowest BCUT2D eigenvalue weighted by Gasteiger charge is -2.33. The van der Waals surface area contributed by atoms with Crippen LogP contribution < -0.4 is 0 Å². The lowest BCUT2D eigenvalue weighted by atomic mass is 9.91. The van der Waals surface area contributed by atoms with Crippen LogP contribution in [0.25, 0.3) is 10.4 Å². The van der Waals surface area contributed by atoms with E-state index in [-0.39, 0.29) is 12.0 Å². The van der Waals surface area contributed by atoms with E-state index in [1.54, 1.807) is 23.2 Å². The van der Waals surface area contributed by atoms with Gasteiger partial charge in [-0.25, -0.2) is 4.79 Å². The number of rotatable bonds is 2. The third kappa shape index (κ3) is 3.09. The van der Waals surface area contributed by atoms with Gasteiger partial charge >= 0.3 is 6.09 Å². The first-order valence-corrected chi connectivity index (χ1v) is 9.91. The molecule has 1 aromatic heterocycles. The molecule has 5 nitrogen and oxygen atoms in total. The number of piperazine rings is 1. The van der Waals surface area contributed by atoms with Crippen LogP contribution in [0, 0.1) is 0 Å². The Kier molecular flexibility index (Phi) is 4.68. The normalized spacial score (nSPS) is 16.0. The van der Waals surface area contributed by atoms with Gasteiger partial charge in [-0.3, -0.25) is 4.79 Å². The van der Waals surface area contributed by atoms with Crippen molar-refractivity contribution in [2.75, 3.05) is 32.8 Å². The van der Waals surface area contributed by atoms with Gasteiger partial charge in [0.15, 0.2) is 0 Å². The topological polar surface area (TPSA) is 49.9 Å². The van der Waals surface area contributed by atoms with Crippen molar-refractivity contribution in [2.24, 2.45) is 0 Å². The Labute approximate surface area is 157 Å². The highest BCUT2D eigenvalue weighted by Crippen LogP contribution is 2.39. The van der Waals surface area contributed by atoms with E-state index in [2.05, 4.69) is 30.3 Å². The van der Waals surface area contributed by atoms with Crippen molar-refractivity contribution in [3.8, 4) is 10.4 Å². The van der Waals surface area contributed by atoms with Crippen molar-refractivity contribution in [1.82, 2.24) is 9.80 Å². The number of thiophene rings is 1. The van der Waals surface area contributed by atoms with E-state index in [1.807, 2.05) is 4.90 Å². The summed E-state index contributed by atoms with van der Waals surface area (Å²) in [7, 11) is 0. The molecule has 1 aliphatic heterocycles. The van der Waals surface area contributed by atoms with E-state index < -0.39 is 0 Å². The van der Waals surface area contributed by atoms with Gasteiger partial charge in [0.25, 0.3) is 5.91 Å². The van der Waals surface area contributed by atoms with Gasteiger partial charge in [0.1, 0.15) is 0 Å². The minimum atomic E-state index is -0.289. The molecular weight excluding hydrogens is 348 g/mol. The number of ether oxygens (including phenoxy) is 1. The number of benzene rings is 1. The lowest BCUT2D eigenvalue weighted by Crippen LogP contribution is -2.50. The van der Waals surface area contributed by atoms with E-state index in [1.165, 1.54) is 21.6 Å². The second-order valence-corrected chi connectivity index (χ2v) is 7.65. The van der Waals surface area contributed by atoms with Crippen LogP contribution in [-0.2, 0) is 17.6 Å². The molecule has 0 radical (unpaired) electrons. The smallest absolute Gasteiger partial charge is 0.409 e. The van der Waals surface area contributed by atoms with Crippen LogP contribution in [0.2, 0.25) is 0 Å². The molecule has 1 aromatic carbocycles. The van der Waals surface area contributed by atoms with Crippen molar-refractivity contribution in [3.63, 3.8) is 0 Å². The third-order valence-corrected chi connectivity index (χ3v) is 6.24. The Morgan fingerprint density at radius 1 is 1.04 bits per heavy atom. The first-order chi connectivity index (χ1) is 12.7. The molecule has 0 unspecified atom stereocenters. The molecule has 2 aliphatic rings. The largest absolute Gasteiger partial charge is 0.450 e. The zero-order chi connectivity index (χ0) is 18.1. The molecule has 0 atom stereocenters. The molecule has 2 amide bonds. The number of carbonyl (C=O) groups is 2. The molecule has 2 heterocycles. The van der Waals surface area contributed by atoms with Gasteiger partial charge in [-0.1, -0.05) is 24.3 Å². The average Bonchev–Trinajstić information content (AvgIpc) is 3.12. The quantitative estimate of drug-likeness (QED) is 0.814. The average molecular weight is 370 g/mol. The van der Waals surface area contributed by atoms with Crippen molar-refractivity contribution in [2.45, 2.75) is 19.8 Å². The summed E-state index contributed by atoms with van der Waals surface area (Å²) in [6, 6.07) is 10.5. The number of nitrogens with zero attached hydrogens (tertiary/aromatic N) is 2. The molecule has 6 heteroatoms. The highest BCUT2D eigenvalue weighted by molar-refractivity contribution is 7.17. The fourth-order valence-corrected chi connectivity index (χ4v) is 4.88. The molecule has 0 saturated carbocycles. The Bertz CT molecular complexity index is 837. The summed E-state index contributed by atoms with van der Waals surface area (Å²) < 4.78 is 5.04. The first-order valence-electron chi connectivity index (χ1n) is 9.09. The number of hydrogen-bond acceptors (Lipinski definition) is 4. The van der Waals surface area contributed by atoms with Crippen LogP contribution in [0.3, 0.4) is 0 Å². The predicted octanol–water partition coefficient (Wildman–Crippen LogP) is 3.43. The summed E-state index contributed by atoms with van der Waals surface area (Å²) in [6.45, 7) is 4.33. The summed E-state index contributed by atoms with van der Waals surface area (Å²) in [5.41, 5.74) is 3.91. The van der Waals surface area contributed by atoms with Crippen molar-refractivity contribution >= 4 is 23.3 Å². The van der Waals surface area contributed by atoms with Gasteiger partial charge < -0.3 is 14.5 Å². The van der Waals surface area contributed by atoms with Gasteiger partial charge in [-0.15, -0.1) is 11.3 Å². The molecule has 0 N–H and O–H groups in total. The highest BCUT2D eigenvalue weighted by Gasteiger charge is 2.28. The monoisotopic (exact) mass is 370 g/mol. The minimum absolute atomic E-state index is 0.0744. The van der Waals surface area contributed by atoms with Gasteiger partial charge in [0, 0.05) is 31.1 Å². The second-order valence-electron chi connectivity index (χ2n) is 6.60. The summed E-state index contributed by atoms with van der Waals surface area (Å²) in [4.78, 5) is 30.3. The molecule has 1 saturated heterocycles. The zero-order valence-electron chi connectivity index (χ0n) is 14.9. The maximum Gasteiger partial charge on any atom is 0.409 e. The van der Waals surface area contributed by atoms with E-state index in [9.17, 15) is 9.59 Å². The van der Waals surface area contributed by atoms with E-state index in [4.69, 9.17) is 4.74 Å². The maximum absolute atomic E-state index is 12.9. The Morgan fingerprint density at radius 2 is 1.73 bits per heavy atom. The summed E-state index contributed by atoms with van der Waals surface area (Å²) >= 11 is 1.60. The molecule has 136 valence electrons. The number of hydrogen-bond donors (Lipinski definition) is 0. The lowest BCUT2D eigenvalue weighted by molar-refractivity contribution is 0.0574. The fourth-order valence-electron chi connectivity index (χ4n) is 3.64. The molecule has 0 bridgehead atoms. The first kappa shape index (κ1) is 17.1. The Balaban J connectivity index is 1.48. The van der Waals surface area contributed by atoms with Crippen LogP contribution >= 0.6 is 11.3 Å². The van der Waals surface area contributed by atoms with E-state index in [0.29, 0.717) is 32.8 Å². The molecule has 26 heavy (non-hydrogen) atoms. The minimum Gasteiger partial charge on any atom is -0.450 e. The fraction of sp³-hybridized carbons (Fsp3) is 0.400. The van der Waals surface area contributed by atoms with Crippen molar-refractivity contribution < 1.29 is 14.3 Å². The number of fused-ring (bicyclic) bond motifs is 3. The van der Waals surface area contributed by atoms with Crippen LogP contribution in [0.1, 0.15) is 27.7 Å². The van der Waals surface area contributed by atoms with Crippen molar-refractivity contribution in [3.05, 3.63) is 46.3 Å². The van der Waals surface area contributed by atoms with Gasteiger partial charge in [-0.05, 0) is 42.5 Å². The number of aryl methyl sites for hydroxylation is 2. The van der Waals surface area contributed by atoms with E-state index >= 15 is 0 Å². The molecule has 4 rings (SSSR count). The van der Waals surface area contributed by atoms with Crippen LogP contribution in [-0.4, -0.2) is 54.6 Å². The predicted molar refractivity (Wildman–Crippen MR) is 102 cm³/mol. The van der Waals surface area contributed by atoms with Crippen LogP contribution in [0.4, 0.5) is 4.79 Å². The van der Waals surface area contributed by atoms with Gasteiger partial charge in [0.2, 0.25) is 0 Å². The number of amides is 2. The molecule has 1 fully saturated rings. The molecule has 0 spiro atoms. The van der Waals surface area contributed by atoms with Gasteiger partial charge in [-0.2, -0.15) is 0 Å². The van der Waals surface area contributed by atoms with Gasteiger partial charge in [0.05, 0.1) is 11.5 Å². The second kappa shape index (κ2) is 7.11. The molecule has 2 aromatic rings. The summed E-state index contributed by atoms with van der Waals surface area (Å²) in [5, 5.41) is 0. The van der Waals surface area contributed by atoms with Crippen LogP contribution in [0.5, 0.6) is 0 Å².